The molecule has 2 N–H and O–H groups in total. The van der Waals surface area contributed by atoms with Crippen molar-refractivity contribution in [1.29, 1.82) is 0 Å². The van der Waals surface area contributed by atoms with Gasteiger partial charge in [-0.05, 0) is 23.8 Å². The van der Waals surface area contributed by atoms with Crippen molar-refractivity contribution in [3.63, 3.8) is 0 Å². The Morgan fingerprint density at radius 2 is 2.24 bits per heavy atom. The standard InChI is InChI=1S/C16H14ClNO3/c1-8-9(6-14(20)21)2-4-11-15(8)16-12(18-11)7-10(17)3-5-13(16)19/h2-3,5,7-8,18H,4,6H2,1H3,(H,20,21). The highest BCUT2D eigenvalue weighted by Crippen LogP contribution is 2.37. The van der Waals surface area contributed by atoms with Gasteiger partial charge in [0.1, 0.15) is 0 Å². The average Bonchev–Trinajstić information content (AvgIpc) is 2.71. The predicted molar refractivity (Wildman–Crippen MR) is 82.0 cm³/mol. The summed E-state index contributed by atoms with van der Waals surface area (Å²) in [4.78, 5) is 26.5. The molecule has 21 heavy (non-hydrogen) atoms. The number of nitrogens with one attached hydrogen (secondary N) is 1. The first kappa shape index (κ1) is 13.9. The molecule has 1 aliphatic rings. The van der Waals surface area contributed by atoms with E-state index in [0.717, 1.165) is 16.8 Å². The monoisotopic (exact) mass is 303 g/mol. The Labute approximate surface area is 126 Å². The Bertz CT molecular complexity index is 835. The lowest BCUT2D eigenvalue weighted by Crippen LogP contribution is -2.12. The molecule has 1 aromatic carbocycles. The summed E-state index contributed by atoms with van der Waals surface area (Å²) in [6.45, 7) is 1.94. The van der Waals surface area contributed by atoms with Crippen LogP contribution in [0.15, 0.2) is 34.6 Å². The fraction of sp³-hybridized carbons (Fsp3) is 0.250. The Morgan fingerprint density at radius 1 is 1.48 bits per heavy atom. The van der Waals surface area contributed by atoms with Crippen molar-refractivity contribution in [2.24, 2.45) is 0 Å². The maximum absolute atomic E-state index is 12.3. The van der Waals surface area contributed by atoms with Crippen LogP contribution in [0.3, 0.4) is 0 Å². The van der Waals surface area contributed by atoms with E-state index < -0.39 is 5.97 Å². The average molecular weight is 304 g/mol. The minimum absolute atomic E-state index is 0.00118. The third-order valence-electron chi connectivity index (χ3n) is 3.98. The molecule has 0 amide bonds. The number of hydrogen-bond acceptors (Lipinski definition) is 2. The summed E-state index contributed by atoms with van der Waals surface area (Å²) in [6, 6.07) is 4.77. The van der Waals surface area contributed by atoms with Crippen LogP contribution in [-0.4, -0.2) is 16.1 Å². The molecule has 0 fully saturated rings. The van der Waals surface area contributed by atoms with E-state index in [9.17, 15) is 9.59 Å². The first-order valence-corrected chi connectivity index (χ1v) is 7.10. The van der Waals surface area contributed by atoms with Crippen LogP contribution in [0, 0.1) is 0 Å². The Balaban J connectivity index is 2.24. The van der Waals surface area contributed by atoms with Crippen molar-refractivity contribution in [2.75, 3.05) is 0 Å². The number of aromatic amines is 1. The van der Waals surface area contributed by atoms with Crippen LogP contribution >= 0.6 is 11.6 Å². The first-order chi connectivity index (χ1) is 9.97. The molecule has 5 heteroatoms. The van der Waals surface area contributed by atoms with Crippen LogP contribution in [-0.2, 0) is 11.2 Å². The smallest absolute Gasteiger partial charge is 0.307 e. The molecule has 0 bridgehead atoms. The summed E-state index contributed by atoms with van der Waals surface area (Å²) in [6.07, 6.45) is 2.54. The van der Waals surface area contributed by atoms with Crippen molar-refractivity contribution in [2.45, 2.75) is 25.7 Å². The minimum atomic E-state index is -0.854. The van der Waals surface area contributed by atoms with Gasteiger partial charge in [-0.25, -0.2) is 0 Å². The summed E-state index contributed by atoms with van der Waals surface area (Å²) < 4.78 is 0. The molecule has 1 atom stereocenters. The molecule has 2 aromatic rings. The molecular formula is C16H14ClNO3. The van der Waals surface area contributed by atoms with Crippen molar-refractivity contribution in [1.82, 2.24) is 4.98 Å². The number of carboxylic acids is 1. The van der Waals surface area contributed by atoms with Gasteiger partial charge in [0.25, 0.3) is 0 Å². The lowest BCUT2D eigenvalue weighted by molar-refractivity contribution is -0.136. The highest BCUT2D eigenvalue weighted by molar-refractivity contribution is 6.31. The molecule has 1 aliphatic carbocycles. The van der Waals surface area contributed by atoms with Crippen LogP contribution in [0.1, 0.15) is 30.5 Å². The number of allylic oxidation sites excluding steroid dienone is 1. The number of aliphatic carboxylic acids is 1. The molecule has 0 aliphatic heterocycles. The van der Waals surface area contributed by atoms with Crippen molar-refractivity contribution >= 4 is 28.5 Å². The second kappa shape index (κ2) is 5.04. The Morgan fingerprint density at radius 3 is 2.95 bits per heavy atom. The molecule has 3 rings (SSSR count). The Hall–Kier alpha value is -2.07. The van der Waals surface area contributed by atoms with Crippen LogP contribution in [0.25, 0.3) is 10.9 Å². The second-order valence-electron chi connectivity index (χ2n) is 5.31. The highest BCUT2D eigenvalue weighted by Gasteiger charge is 2.25. The molecule has 0 spiro atoms. The quantitative estimate of drug-likeness (QED) is 0.837. The molecule has 1 aromatic heterocycles. The van der Waals surface area contributed by atoms with Gasteiger partial charge in [0.15, 0.2) is 5.43 Å². The van der Waals surface area contributed by atoms with E-state index in [4.69, 9.17) is 16.7 Å². The molecule has 1 unspecified atom stereocenters. The van der Waals surface area contributed by atoms with Gasteiger partial charge in [-0.1, -0.05) is 30.2 Å². The van der Waals surface area contributed by atoms with Gasteiger partial charge in [-0.15, -0.1) is 0 Å². The lowest BCUT2D eigenvalue weighted by atomic mass is 9.84. The van der Waals surface area contributed by atoms with E-state index in [2.05, 4.69) is 4.98 Å². The fourth-order valence-corrected chi connectivity index (χ4v) is 3.19. The third-order valence-corrected chi connectivity index (χ3v) is 4.22. The van der Waals surface area contributed by atoms with E-state index >= 15 is 0 Å². The van der Waals surface area contributed by atoms with Gasteiger partial charge in [-0.3, -0.25) is 9.59 Å². The van der Waals surface area contributed by atoms with E-state index in [1.54, 1.807) is 12.1 Å². The zero-order chi connectivity index (χ0) is 15.1. The van der Waals surface area contributed by atoms with Gasteiger partial charge in [-0.2, -0.15) is 0 Å². The maximum Gasteiger partial charge on any atom is 0.307 e. The number of fused-ring (bicyclic) bond motifs is 3. The number of halogens is 1. The number of carbonyl (C=O) groups is 1. The van der Waals surface area contributed by atoms with Gasteiger partial charge >= 0.3 is 5.97 Å². The predicted octanol–water partition coefficient (Wildman–Crippen LogP) is 3.24. The number of hydrogen-bond donors (Lipinski definition) is 2. The number of aromatic nitrogens is 1. The van der Waals surface area contributed by atoms with Crippen molar-refractivity contribution in [3.8, 4) is 0 Å². The first-order valence-electron chi connectivity index (χ1n) is 6.72. The maximum atomic E-state index is 12.3. The van der Waals surface area contributed by atoms with E-state index in [0.29, 0.717) is 22.3 Å². The van der Waals surface area contributed by atoms with Crippen LogP contribution in [0.2, 0.25) is 5.02 Å². The summed E-state index contributed by atoms with van der Waals surface area (Å²) in [7, 11) is 0. The summed E-state index contributed by atoms with van der Waals surface area (Å²) in [5, 5.41) is 10.1. The number of carboxylic acid groups (broad SMARTS) is 1. The zero-order valence-electron chi connectivity index (χ0n) is 11.4. The largest absolute Gasteiger partial charge is 0.481 e. The van der Waals surface area contributed by atoms with Gasteiger partial charge in [0, 0.05) is 23.1 Å². The molecule has 108 valence electrons. The molecule has 4 nitrogen and oxygen atoms in total. The van der Waals surface area contributed by atoms with Crippen LogP contribution in [0.5, 0.6) is 0 Å². The normalized spacial score (nSPS) is 17.4. The van der Waals surface area contributed by atoms with E-state index in [-0.39, 0.29) is 17.8 Å². The summed E-state index contributed by atoms with van der Waals surface area (Å²) in [5.74, 6) is -0.945. The van der Waals surface area contributed by atoms with Crippen LogP contribution < -0.4 is 5.43 Å². The SMILES string of the molecule is CC1C(CC(=O)O)=CCc2[nH]c3cc(Cl)ccc(=O)c3c21. The van der Waals surface area contributed by atoms with E-state index in [1.807, 2.05) is 13.0 Å². The van der Waals surface area contributed by atoms with Crippen LogP contribution in [0.4, 0.5) is 0 Å². The zero-order valence-corrected chi connectivity index (χ0v) is 12.2. The Kier molecular flexibility index (Phi) is 3.33. The number of rotatable bonds is 2. The van der Waals surface area contributed by atoms with Gasteiger partial charge in [0.2, 0.25) is 0 Å². The number of H-pyrrole nitrogens is 1. The molecular weight excluding hydrogens is 290 g/mol. The van der Waals surface area contributed by atoms with E-state index in [1.165, 1.54) is 6.07 Å². The van der Waals surface area contributed by atoms with Crippen molar-refractivity contribution < 1.29 is 9.90 Å². The minimum Gasteiger partial charge on any atom is -0.481 e. The lowest BCUT2D eigenvalue weighted by Gasteiger charge is -2.20. The molecule has 0 radical (unpaired) electrons. The van der Waals surface area contributed by atoms with Gasteiger partial charge in [0.05, 0.1) is 17.3 Å². The van der Waals surface area contributed by atoms with Gasteiger partial charge < -0.3 is 10.1 Å². The summed E-state index contributed by atoms with van der Waals surface area (Å²) >= 11 is 6.02. The second-order valence-corrected chi connectivity index (χ2v) is 5.74. The highest BCUT2D eigenvalue weighted by atomic mass is 35.5. The molecule has 1 heterocycles. The topological polar surface area (TPSA) is 70.2 Å². The van der Waals surface area contributed by atoms with Crippen molar-refractivity contribution in [3.05, 3.63) is 56.4 Å². The summed E-state index contributed by atoms with van der Waals surface area (Å²) in [5.41, 5.74) is 3.31. The fourth-order valence-electron chi connectivity index (χ4n) is 3.02. The molecule has 0 saturated heterocycles. The third kappa shape index (κ3) is 2.36. The molecule has 0 saturated carbocycles.